The third kappa shape index (κ3) is 4.13. The lowest BCUT2D eigenvalue weighted by atomic mass is 10.2. The highest BCUT2D eigenvalue weighted by molar-refractivity contribution is 6.35. The summed E-state index contributed by atoms with van der Waals surface area (Å²) in [7, 11) is 0. The van der Waals surface area contributed by atoms with Gasteiger partial charge >= 0.3 is 0 Å². The second kappa shape index (κ2) is 7.53. The molecule has 0 saturated carbocycles. The summed E-state index contributed by atoms with van der Waals surface area (Å²) in [6, 6.07) is 3.52. The fourth-order valence-electron chi connectivity index (χ4n) is 1.85. The number of nitrogens with two attached hydrogens (primary N) is 1. The number of aromatic nitrogens is 2. The molecule has 1 aromatic heterocycles. The molecule has 2 rings (SSSR count). The van der Waals surface area contributed by atoms with Crippen LogP contribution in [-0.2, 0) is 6.54 Å². The van der Waals surface area contributed by atoms with Crippen LogP contribution in [0, 0.1) is 0 Å². The maximum atomic E-state index is 6.27. The standard InChI is InChI=1S/C14H17Cl2N3O/c15-11-7-13(16)12(9-19-5-4-18-10-19)14(8-11)20-6-2-1-3-17/h4-5,7-8,10H,1-3,6,9,17H2. The average Bonchev–Trinajstić information content (AvgIpc) is 2.91. The van der Waals surface area contributed by atoms with Crippen LogP contribution in [0.15, 0.2) is 30.9 Å². The van der Waals surface area contributed by atoms with Gasteiger partial charge in [-0.1, -0.05) is 23.2 Å². The molecule has 2 N–H and O–H groups in total. The first-order chi connectivity index (χ1) is 9.70. The predicted molar refractivity (Wildman–Crippen MR) is 81.6 cm³/mol. The fraction of sp³-hybridized carbons (Fsp3) is 0.357. The molecule has 108 valence electrons. The van der Waals surface area contributed by atoms with Gasteiger partial charge in [0, 0.05) is 23.0 Å². The Morgan fingerprint density at radius 3 is 2.80 bits per heavy atom. The van der Waals surface area contributed by atoms with E-state index in [1.807, 2.05) is 10.8 Å². The summed E-state index contributed by atoms with van der Waals surface area (Å²) in [5.74, 6) is 0.716. The van der Waals surface area contributed by atoms with E-state index < -0.39 is 0 Å². The van der Waals surface area contributed by atoms with Gasteiger partial charge in [0.2, 0.25) is 0 Å². The van der Waals surface area contributed by atoms with Crippen molar-refractivity contribution in [3.63, 3.8) is 0 Å². The molecule has 0 atom stereocenters. The molecule has 0 aliphatic carbocycles. The van der Waals surface area contributed by atoms with Gasteiger partial charge in [0.1, 0.15) is 5.75 Å². The lowest BCUT2D eigenvalue weighted by molar-refractivity contribution is 0.304. The summed E-state index contributed by atoms with van der Waals surface area (Å²) in [6.45, 7) is 1.87. The highest BCUT2D eigenvalue weighted by Gasteiger charge is 2.11. The van der Waals surface area contributed by atoms with Crippen molar-refractivity contribution in [1.29, 1.82) is 0 Å². The van der Waals surface area contributed by atoms with E-state index in [1.165, 1.54) is 0 Å². The molecule has 0 fully saturated rings. The molecule has 0 aliphatic rings. The summed E-state index contributed by atoms with van der Waals surface area (Å²) in [5, 5.41) is 1.17. The Hall–Kier alpha value is -1.23. The molecule has 0 saturated heterocycles. The van der Waals surface area contributed by atoms with Crippen molar-refractivity contribution in [1.82, 2.24) is 9.55 Å². The first-order valence-electron chi connectivity index (χ1n) is 6.47. The Balaban J connectivity index is 2.15. The zero-order chi connectivity index (χ0) is 14.4. The maximum absolute atomic E-state index is 6.27. The van der Waals surface area contributed by atoms with Crippen molar-refractivity contribution in [2.45, 2.75) is 19.4 Å². The van der Waals surface area contributed by atoms with Crippen LogP contribution >= 0.6 is 23.2 Å². The quantitative estimate of drug-likeness (QED) is 0.797. The molecule has 0 amide bonds. The van der Waals surface area contributed by atoms with E-state index in [4.69, 9.17) is 33.7 Å². The van der Waals surface area contributed by atoms with Crippen LogP contribution in [0.1, 0.15) is 18.4 Å². The minimum Gasteiger partial charge on any atom is -0.493 e. The topological polar surface area (TPSA) is 53.1 Å². The van der Waals surface area contributed by atoms with E-state index in [1.54, 1.807) is 24.7 Å². The summed E-state index contributed by atoms with van der Waals surface area (Å²) < 4.78 is 7.72. The minimum absolute atomic E-state index is 0.568. The zero-order valence-corrected chi connectivity index (χ0v) is 12.6. The van der Waals surface area contributed by atoms with E-state index in [-0.39, 0.29) is 0 Å². The van der Waals surface area contributed by atoms with Gasteiger partial charge in [-0.15, -0.1) is 0 Å². The monoisotopic (exact) mass is 313 g/mol. The molecule has 2 aromatic rings. The van der Waals surface area contributed by atoms with Crippen LogP contribution < -0.4 is 10.5 Å². The Morgan fingerprint density at radius 2 is 2.10 bits per heavy atom. The third-order valence-corrected chi connectivity index (χ3v) is 3.43. The van der Waals surface area contributed by atoms with Gasteiger partial charge in [-0.3, -0.25) is 0 Å². The summed E-state index contributed by atoms with van der Waals surface area (Å²) in [4.78, 5) is 4.02. The summed E-state index contributed by atoms with van der Waals surface area (Å²) in [6.07, 6.45) is 7.19. The first kappa shape index (κ1) is 15.2. The van der Waals surface area contributed by atoms with Gasteiger partial charge in [0.25, 0.3) is 0 Å². The van der Waals surface area contributed by atoms with Crippen molar-refractivity contribution >= 4 is 23.2 Å². The third-order valence-electron chi connectivity index (χ3n) is 2.88. The number of hydrogen-bond donors (Lipinski definition) is 1. The van der Waals surface area contributed by atoms with E-state index >= 15 is 0 Å². The predicted octanol–water partition coefficient (Wildman–Crippen LogP) is 3.36. The van der Waals surface area contributed by atoms with Gasteiger partial charge < -0.3 is 15.0 Å². The van der Waals surface area contributed by atoms with Crippen LogP contribution in [0.4, 0.5) is 0 Å². The average molecular weight is 314 g/mol. The van der Waals surface area contributed by atoms with E-state index in [9.17, 15) is 0 Å². The molecule has 20 heavy (non-hydrogen) atoms. The number of unbranched alkanes of at least 4 members (excludes halogenated alkanes) is 1. The number of rotatable bonds is 7. The van der Waals surface area contributed by atoms with Crippen molar-refractivity contribution < 1.29 is 4.74 Å². The van der Waals surface area contributed by atoms with Gasteiger partial charge in [0.15, 0.2) is 0 Å². The van der Waals surface area contributed by atoms with Gasteiger partial charge in [0.05, 0.1) is 24.5 Å². The Kier molecular flexibility index (Phi) is 5.71. The van der Waals surface area contributed by atoms with E-state index in [0.29, 0.717) is 35.5 Å². The van der Waals surface area contributed by atoms with E-state index in [2.05, 4.69) is 4.98 Å². The zero-order valence-electron chi connectivity index (χ0n) is 11.1. The van der Waals surface area contributed by atoms with Crippen molar-refractivity contribution in [3.8, 4) is 5.75 Å². The van der Waals surface area contributed by atoms with Gasteiger partial charge in [-0.2, -0.15) is 0 Å². The molecule has 1 aromatic carbocycles. The Labute approximate surface area is 128 Å². The van der Waals surface area contributed by atoms with Crippen molar-refractivity contribution in [3.05, 3.63) is 46.5 Å². The molecular weight excluding hydrogens is 297 g/mol. The minimum atomic E-state index is 0.568. The molecule has 0 bridgehead atoms. The number of benzene rings is 1. The van der Waals surface area contributed by atoms with Gasteiger partial charge in [-0.25, -0.2) is 4.98 Å². The second-order valence-electron chi connectivity index (χ2n) is 4.44. The highest BCUT2D eigenvalue weighted by atomic mass is 35.5. The first-order valence-corrected chi connectivity index (χ1v) is 7.23. The van der Waals surface area contributed by atoms with Crippen LogP contribution in [0.25, 0.3) is 0 Å². The summed E-state index contributed by atoms with van der Waals surface area (Å²) in [5.41, 5.74) is 6.37. The number of halogens is 2. The molecule has 1 heterocycles. The Bertz CT molecular complexity index is 544. The smallest absolute Gasteiger partial charge is 0.127 e. The highest BCUT2D eigenvalue weighted by Crippen LogP contribution is 2.31. The molecular formula is C14H17Cl2N3O. The molecule has 0 aliphatic heterocycles. The number of nitrogens with zero attached hydrogens (tertiary/aromatic N) is 2. The second-order valence-corrected chi connectivity index (χ2v) is 5.29. The van der Waals surface area contributed by atoms with Crippen LogP contribution in [0.2, 0.25) is 10.0 Å². The molecule has 0 radical (unpaired) electrons. The molecule has 4 nitrogen and oxygen atoms in total. The van der Waals surface area contributed by atoms with Crippen LogP contribution in [0.3, 0.4) is 0 Å². The van der Waals surface area contributed by atoms with E-state index in [0.717, 1.165) is 18.4 Å². The fourth-order valence-corrected chi connectivity index (χ4v) is 2.39. The molecule has 0 spiro atoms. The SMILES string of the molecule is NCCCCOc1cc(Cl)cc(Cl)c1Cn1ccnc1. The van der Waals surface area contributed by atoms with Crippen molar-refractivity contribution in [2.24, 2.45) is 5.73 Å². The van der Waals surface area contributed by atoms with Gasteiger partial charge in [-0.05, 0) is 31.5 Å². The lowest BCUT2D eigenvalue weighted by Crippen LogP contribution is -2.06. The number of imidazole rings is 1. The molecule has 6 heteroatoms. The summed E-state index contributed by atoms with van der Waals surface area (Å²) >= 11 is 12.3. The number of hydrogen-bond acceptors (Lipinski definition) is 3. The van der Waals surface area contributed by atoms with Crippen LogP contribution in [0.5, 0.6) is 5.75 Å². The number of ether oxygens (including phenoxy) is 1. The van der Waals surface area contributed by atoms with Crippen LogP contribution in [-0.4, -0.2) is 22.7 Å². The Morgan fingerprint density at radius 1 is 1.25 bits per heavy atom. The van der Waals surface area contributed by atoms with Crippen molar-refractivity contribution in [2.75, 3.05) is 13.2 Å². The maximum Gasteiger partial charge on any atom is 0.127 e. The largest absolute Gasteiger partial charge is 0.493 e. The normalized spacial score (nSPS) is 10.8. The lowest BCUT2D eigenvalue weighted by Gasteiger charge is -2.14. The molecule has 0 unspecified atom stereocenters.